The van der Waals surface area contributed by atoms with Gasteiger partial charge in [-0.05, 0) is 31.2 Å². The predicted octanol–water partition coefficient (Wildman–Crippen LogP) is 3.00. The Labute approximate surface area is 138 Å². The number of hydrogen-bond donors (Lipinski definition) is 2. The van der Waals surface area contributed by atoms with Crippen molar-refractivity contribution in [2.24, 2.45) is 0 Å². The summed E-state index contributed by atoms with van der Waals surface area (Å²) in [5.74, 6) is 0.926. The molecule has 2 N–H and O–H groups in total. The molecule has 0 bridgehead atoms. The monoisotopic (exact) mass is 336 g/mol. The van der Waals surface area contributed by atoms with Crippen LogP contribution < -0.4 is 5.32 Å². The average Bonchev–Trinajstić information content (AvgIpc) is 3.22. The molecule has 1 atom stereocenters. The van der Waals surface area contributed by atoms with Crippen LogP contribution in [0.5, 0.6) is 0 Å². The highest BCUT2D eigenvalue weighted by atomic mass is 32.2. The highest BCUT2D eigenvalue weighted by Crippen LogP contribution is 2.22. The number of aromatic amines is 1. The van der Waals surface area contributed by atoms with E-state index in [0.717, 1.165) is 25.1 Å². The molecule has 0 spiro atoms. The first-order valence-corrected chi connectivity index (χ1v) is 9.37. The van der Waals surface area contributed by atoms with Crippen LogP contribution in [0.1, 0.15) is 43.3 Å². The number of aromatic nitrogens is 3. The molecule has 1 fully saturated rings. The Balaban J connectivity index is 1.51. The van der Waals surface area contributed by atoms with E-state index in [4.69, 9.17) is 0 Å². The maximum atomic E-state index is 12.2. The standard InChI is InChI=1S/C15H20N4OS2/c1-10(14(20)16-11-5-2-3-6-11)22-15-17-13(18-19-15)9-12-7-4-8-21-12/h4,7-8,10-11H,2-3,5-6,9H2,1H3,(H,16,20)(H,17,18,19)/t10-/m1/s1. The second-order valence-electron chi connectivity index (χ2n) is 5.57. The fraction of sp³-hybridized carbons (Fsp3) is 0.533. The van der Waals surface area contributed by atoms with Gasteiger partial charge in [0.05, 0.1) is 5.25 Å². The molecular formula is C15H20N4OS2. The first-order chi connectivity index (χ1) is 10.7. The maximum absolute atomic E-state index is 12.2. The van der Waals surface area contributed by atoms with E-state index in [9.17, 15) is 4.79 Å². The molecular weight excluding hydrogens is 316 g/mol. The third-order valence-electron chi connectivity index (χ3n) is 3.79. The molecule has 0 aromatic carbocycles. The van der Waals surface area contributed by atoms with Gasteiger partial charge in [-0.1, -0.05) is 30.7 Å². The molecule has 1 amide bonds. The largest absolute Gasteiger partial charge is 0.352 e. The third kappa shape index (κ3) is 4.10. The van der Waals surface area contributed by atoms with Gasteiger partial charge in [0.25, 0.3) is 0 Å². The number of nitrogens with one attached hydrogen (secondary N) is 2. The van der Waals surface area contributed by atoms with Gasteiger partial charge in [0.1, 0.15) is 5.82 Å². The summed E-state index contributed by atoms with van der Waals surface area (Å²) in [6.07, 6.45) is 5.41. The maximum Gasteiger partial charge on any atom is 0.233 e. The van der Waals surface area contributed by atoms with Crippen LogP contribution in [-0.2, 0) is 11.2 Å². The fourth-order valence-corrected chi connectivity index (χ4v) is 4.05. The smallest absolute Gasteiger partial charge is 0.233 e. The zero-order valence-electron chi connectivity index (χ0n) is 12.5. The van der Waals surface area contributed by atoms with Gasteiger partial charge in [0, 0.05) is 17.3 Å². The molecule has 118 valence electrons. The van der Waals surface area contributed by atoms with Crippen LogP contribution in [0, 0.1) is 0 Å². The number of amides is 1. The van der Waals surface area contributed by atoms with Gasteiger partial charge in [-0.2, -0.15) is 0 Å². The minimum atomic E-state index is -0.175. The Kier molecular flexibility index (Phi) is 5.15. The summed E-state index contributed by atoms with van der Waals surface area (Å²) in [6.45, 7) is 1.91. The molecule has 5 nitrogen and oxygen atoms in total. The second-order valence-corrected chi connectivity index (χ2v) is 7.91. The molecule has 2 aromatic rings. The van der Waals surface area contributed by atoms with Gasteiger partial charge < -0.3 is 5.32 Å². The lowest BCUT2D eigenvalue weighted by molar-refractivity contribution is -0.120. The number of nitrogens with zero attached hydrogens (tertiary/aromatic N) is 2. The number of rotatable bonds is 6. The van der Waals surface area contributed by atoms with Crippen LogP contribution in [0.2, 0.25) is 0 Å². The molecule has 22 heavy (non-hydrogen) atoms. The summed E-state index contributed by atoms with van der Waals surface area (Å²) < 4.78 is 0. The normalized spacial score (nSPS) is 16.8. The summed E-state index contributed by atoms with van der Waals surface area (Å²) in [7, 11) is 0. The van der Waals surface area contributed by atoms with Crippen molar-refractivity contribution in [1.29, 1.82) is 0 Å². The van der Waals surface area contributed by atoms with Gasteiger partial charge in [0.15, 0.2) is 0 Å². The molecule has 0 aliphatic heterocycles. The number of hydrogen-bond acceptors (Lipinski definition) is 5. The van der Waals surface area contributed by atoms with Gasteiger partial charge in [0.2, 0.25) is 11.1 Å². The Morgan fingerprint density at radius 1 is 1.55 bits per heavy atom. The van der Waals surface area contributed by atoms with Gasteiger partial charge in [-0.15, -0.1) is 16.4 Å². The van der Waals surface area contributed by atoms with Gasteiger partial charge in [-0.25, -0.2) is 4.98 Å². The Bertz CT molecular complexity index is 605. The topological polar surface area (TPSA) is 70.7 Å². The van der Waals surface area contributed by atoms with Crippen molar-refractivity contribution in [2.45, 2.75) is 55.5 Å². The highest BCUT2D eigenvalue weighted by molar-refractivity contribution is 8.00. The summed E-state index contributed by atoms with van der Waals surface area (Å²) in [5, 5.41) is 12.8. The van der Waals surface area contributed by atoms with E-state index in [1.807, 2.05) is 13.0 Å². The Hall–Kier alpha value is -1.34. The average molecular weight is 336 g/mol. The molecule has 2 aromatic heterocycles. The van der Waals surface area contributed by atoms with Gasteiger partial charge in [-0.3, -0.25) is 9.89 Å². The lowest BCUT2D eigenvalue weighted by Gasteiger charge is -2.15. The number of thiophene rings is 1. The Morgan fingerprint density at radius 2 is 2.36 bits per heavy atom. The van der Waals surface area contributed by atoms with E-state index in [1.165, 1.54) is 29.5 Å². The molecule has 1 saturated carbocycles. The van der Waals surface area contributed by atoms with Crippen molar-refractivity contribution in [1.82, 2.24) is 20.5 Å². The zero-order valence-corrected chi connectivity index (χ0v) is 14.2. The van der Waals surface area contributed by atoms with Gasteiger partial charge >= 0.3 is 0 Å². The van der Waals surface area contributed by atoms with Crippen molar-refractivity contribution in [3.05, 3.63) is 28.2 Å². The fourth-order valence-electron chi connectivity index (χ4n) is 2.59. The van der Waals surface area contributed by atoms with Crippen LogP contribution in [0.15, 0.2) is 22.7 Å². The van der Waals surface area contributed by atoms with Crippen molar-refractivity contribution in [2.75, 3.05) is 0 Å². The summed E-state index contributed by atoms with van der Waals surface area (Å²) in [6, 6.07) is 4.47. The number of carbonyl (C=O) groups is 1. The highest BCUT2D eigenvalue weighted by Gasteiger charge is 2.22. The number of H-pyrrole nitrogens is 1. The minimum absolute atomic E-state index is 0.0847. The summed E-state index contributed by atoms with van der Waals surface area (Å²) >= 11 is 3.11. The van der Waals surface area contributed by atoms with Crippen LogP contribution in [-0.4, -0.2) is 32.4 Å². The lowest BCUT2D eigenvalue weighted by Crippen LogP contribution is -2.37. The van der Waals surface area contributed by atoms with Crippen molar-refractivity contribution in [3.63, 3.8) is 0 Å². The Morgan fingerprint density at radius 3 is 3.09 bits per heavy atom. The lowest BCUT2D eigenvalue weighted by atomic mass is 10.2. The SMILES string of the molecule is C[C@@H](Sc1n[nH]c(Cc2cccs2)n1)C(=O)NC1CCCC1. The van der Waals surface area contributed by atoms with E-state index in [2.05, 4.69) is 31.9 Å². The molecule has 7 heteroatoms. The number of thioether (sulfide) groups is 1. The number of carbonyl (C=O) groups excluding carboxylic acids is 1. The van der Waals surface area contributed by atoms with Crippen LogP contribution in [0.3, 0.4) is 0 Å². The molecule has 2 heterocycles. The van der Waals surface area contributed by atoms with Crippen molar-refractivity contribution >= 4 is 29.0 Å². The minimum Gasteiger partial charge on any atom is -0.352 e. The first-order valence-electron chi connectivity index (χ1n) is 7.61. The van der Waals surface area contributed by atoms with Crippen LogP contribution in [0.25, 0.3) is 0 Å². The molecule has 1 aliphatic carbocycles. The van der Waals surface area contributed by atoms with Crippen LogP contribution in [0.4, 0.5) is 0 Å². The third-order valence-corrected chi connectivity index (χ3v) is 5.62. The predicted molar refractivity (Wildman–Crippen MR) is 89.2 cm³/mol. The molecule has 0 radical (unpaired) electrons. The van der Waals surface area contributed by atoms with Crippen molar-refractivity contribution in [3.8, 4) is 0 Å². The zero-order chi connectivity index (χ0) is 15.4. The second kappa shape index (κ2) is 7.28. The van der Waals surface area contributed by atoms with E-state index in [-0.39, 0.29) is 11.2 Å². The van der Waals surface area contributed by atoms with E-state index < -0.39 is 0 Å². The molecule has 0 unspecified atom stereocenters. The molecule has 3 rings (SSSR count). The van der Waals surface area contributed by atoms with Crippen LogP contribution >= 0.6 is 23.1 Å². The summed E-state index contributed by atoms with van der Waals surface area (Å²) in [4.78, 5) is 17.9. The van der Waals surface area contributed by atoms with E-state index in [1.54, 1.807) is 11.3 Å². The van der Waals surface area contributed by atoms with Crippen molar-refractivity contribution < 1.29 is 4.79 Å². The summed E-state index contributed by atoms with van der Waals surface area (Å²) in [5.41, 5.74) is 0. The molecule has 0 saturated heterocycles. The van der Waals surface area contributed by atoms with E-state index in [0.29, 0.717) is 11.2 Å². The first kappa shape index (κ1) is 15.6. The quantitative estimate of drug-likeness (QED) is 0.796. The van der Waals surface area contributed by atoms with E-state index >= 15 is 0 Å². The molecule has 1 aliphatic rings.